The van der Waals surface area contributed by atoms with Gasteiger partial charge in [0, 0.05) is 13.6 Å². The summed E-state index contributed by atoms with van der Waals surface area (Å²) in [6.07, 6.45) is 4.91. The SMILES string of the molecule is C=CCON(C)[C@@H]1C=C(CC)[C@@H](CO)N(C)C1. The maximum Gasteiger partial charge on any atom is 0.0864 e. The fourth-order valence-corrected chi connectivity index (χ4v) is 2.21. The van der Waals surface area contributed by atoms with E-state index in [-0.39, 0.29) is 18.7 Å². The average Bonchev–Trinajstić information content (AvgIpc) is 2.34. The predicted molar refractivity (Wildman–Crippen MR) is 69.6 cm³/mol. The second-order valence-corrected chi connectivity index (χ2v) is 4.43. The Morgan fingerprint density at radius 3 is 2.94 bits per heavy atom. The van der Waals surface area contributed by atoms with Crippen LogP contribution in [0.2, 0.25) is 0 Å². The number of hydrogen-bond acceptors (Lipinski definition) is 4. The molecular weight excluding hydrogens is 216 g/mol. The first kappa shape index (κ1) is 14.4. The molecule has 1 aliphatic heterocycles. The molecule has 0 amide bonds. The Kier molecular flexibility index (Phi) is 5.85. The van der Waals surface area contributed by atoms with Crippen LogP contribution in [-0.2, 0) is 4.84 Å². The molecule has 0 unspecified atom stereocenters. The summed E-state index contributed by atoms with van der Waals surface area (Å²) in [7, 11) is 3.98. The van der Waals surface area contributed by atoms with E-state index in [0.29, 0.717) is 6.61 Å². The maximum absolute atomic E-state index is 9.39. The van der Waals surface area contributed by atoms with Gasteiger partial charge in [-0.05, 0) is 13.5 Å². The van der Waals surface area contributed by atoms with Gasteiger partial charge in [-0.3, -0.25) is 9.74 Å². The Labute approximate surface area is 104 Å². The third kappa shape index (κ3) is 3.64. The van der Waals surface area contributed by atoms with Crippen molar-refractivity contribution in [2.75, 3.05) is 33.9 Å². The van der Waals surface area contributed by atoms with Crippen LogP contribution in [0.5, 0.6) is 0 Å². The first-order chi connectivity index (χ1) is 8.13. The highest BCUT2D eigenvalue weighted by atomic mass is 16.7. The minimum absolute atomic E-state index is 0.157. The zero-order valence-electron chi connectivity index (χ0n) is 11.1. The van der Waals surface area contributed by atoms with Crippen molar-refractivity contribution in [1.29, 1.82) is 0 Å². The van der Waals surface area contributed by atoms with Crippen molar-refractivity contribution < 1.29 is 9.94 Å². The van der Waals surface area contributed by atoms with Gasteiger partial charge < -0.3 is 5.11 Å². The molecule has 0 saturated carbocycles. The molecule has 0 saturated heterocycles. The molecule has 4 heteroatoms. The molecule has 0 aliphatic carbocycles. The number of aliphatic hydroxyl groups excluding tert-OH is 1. The van der Waals surface area contributed by atoms with Crippen LogP contribution in [0.15, 0.2) is 24.3 Å². The van der Waals surface area contributed by atoms with Crippen LogP contribution >= 0.6 is 0 Å². The lowest BCUT2D eigenvalue weighted by Crippen LogP contribution is -2.49. The lowest BCUT2D eigenvalue weighted by atomic mass is 9.96. The van der Waals surface area contributed by atoms with Gasteiger partial charge in [-0.2, -0.15) is 5.06 Å². The van der Waals surface area contributed by atoms with Crippen LogP contribution in [0.1, 0.15) is 13.3 Å². The third-order valence-corrected chi connectivity index (χ3v) is 3.29. The molecule has 0 bridgehead atoms. The third-order valence-electron chi connectivity index (χ3n) is 3.29. The Bertz CT molecular complexity index is 279. The van der Waals surface area contributed by atoms with E-state index in [2.05, 4.69) is 24.5 Å². The summed E-state index contributed by atoms with van der Waals surface area (Å²) < 4.78 is 0. The van der Waals surface area contributed by atoms with E-state index >= 15 is 0 Å². The van der Waals surface area contributed by atoms with Crippen molar-refractivity contribution in [2.24, 2.45) is 0 Å². The minimum atomic E-state index is 0.157. The number of likely N-dealkylation sites (N-methyl/N-ethyl adjacent to an activating group) is 2. The molecule has 1 rings (SSSR count). The van der Waals surface area contributed by atoms with Crippen molar-refractivity contribution in [3.63, 3.8) is 0 Å². The smallest absolute Gasteiger partial charge is 0.0864 e. The van der Waals surface area contributed by atoms with Crippen LogP contribution < -0.4 is 0 Å². The van der Waals surface area contributed by atoms with E-state index in [9.17, 15) is 5.11 Å². The van der Waals surface area contributed by atoms with Gasteiger partial charge in [0.15, 0.2) is 0 Å². The molecule has 1 heterocycles. The highest BCUT2D eigenvalue weighted by Gasteiger charge is 2.28. The second kappa shape index (κ2) is 6.91. The van der Waals surface area contributed by atoms with Gasteiger partial charge >= 0.3 is 0 Å². The van der Waals surface area contributed by atoms with E-state index in [4.69, 9.17) is 4.84 Å². The van der Waals surface area contributed by atoms with E-state index in [1.54, 1.807) is 6.08 Å². The average molecular weight is 240 g/mol. The molecule has 0 spiro atoms. The van der Waals surface area contributed by atoms with Gasteiger partial charge in [0.1, 0.15) is 0 Å². The van der Waals surface area contributed by atoms with E-state index in [0.717, 1.165) is 13.0 Å². The number of rotatable bonds is 6. The molecular formula is C13H24N2O2. The van der Waals surface area contributed by atoms with Crippen molar-refractivity contribution in [3.8, 4) is 0 Å². The monoisotopic (exact) mass is 240 g/mol. The van der Waals surface area contributed by atoms with Gasteiger partial charge in [-0.1, -0.05) is 24.6 Å². The van der Waals surface area contributed by atoms with Crippen LogP contribution in [0.4, 0.5) is 0 Å². The Morgan fingerprint density at radius 2 is 2.41 bits per heavy atom. The van der Waals surface area contributed by atoms with E-state index < -0.39 is 0 Å². The van der Waals surface area contributed by atoms with Gasteiger partial charge in [-0.15, -0.1) is 6.58 Å². The molecule has 4 nitrogen and oxygen atoms in total. The van der Waals surface area contributed by atoms with Gasteiger partial charge in [-0.25, -0.2) is 0 Å². The Balaban J connectivity index is 2.72. The van der Waals surface area contributed by atoms with Gasteiger partial charge in [0.2, 0.25) is 0 Å². The highest BCUT2D eigenvalue weighted by molar-refractivity contribution is 5.18. The molecule has 0 aromatic heterocycles. The molecule has 1 aliphatic rings. The number of nitrogens with zero attached hydrogens (tertiary/aromatic N) is 2. The lowest BCUT2D eigenvalue weighted by molar-refractivity contribution is -0.152. The quantitative estimate of drug-likeness (QED) is 0.556. The molecule has 0 aromatic carbocycles. The fourth-order valence-electron chi connectivity index (χ4n) is 2.21. The van der Waals surface area contributed by atoms with Crippen LogP contribution in [0.3, 0.4) is 0 Å². The summed E-state index contributed by atoms with van der Waals surface area (Å²) in [6.45, 7) is 7.33. The summed E-state index contributed by atoms with van der Waals surface area (Å²) in [5, 5.41) is 11.3. The minimum Gasteiger partial charge on any atom is -0.394 e. The zero-order valence-corrected chi connectivity index (χ0v) is 11.1. The van der Waals surface area contributed by atoms with Gasteiger partial charge in [0.05, 0.1) is 25.3 Å². The topological polar surface area (TPSA) is 35.9 Å². The van der Waals surface area contributed by atoms with Crippen molar-refractivity contribution in [2.45, 2.75) is 25.4 Å². The summed E-state index contributed by atoms with van der Waals surface area (Å²) in [4.78, 5) is 7.70. The van der Waals surface area contributed by atoms with Crippen molar-refractivity contribution >= 4 is 0 Å². The second-order valence-electron chi connectivity index (χ2n) is 4.43. The van der Waals surface area contributed by atoms with Crippen LogP contribution in [0, 0.1) is 0 Å². The van der Waals surface area contributed by atoms with Crippen LogP contribution in [0.25, 0.3) is 0 Å². The Morgan fingerprint density at radius 1 is 1.71 bits per heavy atom. The van der Waals surface area contributed by atoms with Crippen molar-refractivity contribution in [1.82, 2.24) is 9.96 Å². The number of hydrogen-bond donors (Lipinski definition) is 1. The first-order valence-corrected chi connectivity index (χ1v) is 6.12. The first-order valence-electron chi connectivity index (χ1n) is 6.12. The van der Waals surface area contributed by atoms with E-state index in [1.807, 2.05) is 19.2 Å². The molecule has 98 valence electrons. The van der Waals surface area contributed by atoms with Crippen molar-refractivity contribution in [3.05, 3.63) is 24.3 Å². The molecule has 1 N–H and O–H groups in total. The largest absolute Gasteiger partial charge is 0.394 e. The molecule has 0 radical (unpaired) electrons. The lowest BCUT2D eigenvalue weighted by Gasteiger charge is -2.38. The molecule has 0 aromatic rings. The Hall–Kier alpha value is -0.680. The van der Waals surface area contributed by atoms with Crippen LogP contribution in [-0.4, -0.2) is 61.0 Å². The fraction of sp³-hybridized carbons (Fsp3) is 0.692. The standard InChI is InChI=1S/C13H24N2O2/c1-5-7-17-15(4)12-8-11(6-2)13(10-16)14(3)9-12/h5,8,12-13,16H,1,6-7,9-10H2,2-4H3/t12-,13-/m1/s1. The number of hydroxylamine groups is 2. The molecule has 17 heavy (non-hydrogen) atoms. The summed E-state index contributed by atoms with van der Waals surface area (Å²) in [5.41, 5.74) is 1.28. The summed E-state index contributed by atoms with van der Waals surface area (Å²) in [5.74, 6) is 0. The molecule has 2 atom stereocenters. The predicted octanol–water partition coefficient (Wildman–Crippen LogP) is 1.05. The maximum atomic E-state index is 9.39. The highest BCUT2D eigenvalue weighted by Crippen LogP contribution is 2.21. The van der Waals surface area contributed by atoms with E-state index in [1.165, 1.54) is 5.57 Å². The normalized spacial score (nSPS) is 26.1. The summed E-state index contributed by atoms with van der Waals surface area (Å²) >= 11 is 0. The van der Waals surface area contributed by atoms with Gasteiger partial charge in [0.25, 0.3) is 0 Å². The number of aliphatic hydroxyl groups is 1. The zero-order chi connectivity index (χ0) is 12.8. The molecule has 0 fully saturated rings. The summed E-state index contributed by atoms with van der Waals surface area (Å²) in [6, 6.07) is 0.391.